The van der Waals surface area contributed by atoms with Gasteiger partial charge in [0.05, 0.1) is 5.69 Å². The average molecular weight is 305 g/mol. The van der Waals surface area contributed by atoms with E-state index in [1.165, 1.54) is 12.4 Å². The topological polar surface area (TPSA) is 56.0 Å². The molecule has 0 bridgehead atoms. The van der Waals surface area contributed by atoms with Crippen molar-refractivity contribution in [2.45, 2.75) is 6.92 Å². The molecule has 23 heavy (non-hydrogen) atoms. The SMILES string of the molecule is Cc1cc(-c2ncccc2-c2cnc3ncnn3c2)ccc1F. The third-order valence-corrected chi connectivity index (χ3v) is 3.68. The summed E-state index contributed by atoms with van der Waals surface area (Å²) in [5, 5.41) is 4.11. The van der Waals surface area contributed by atoms with Gasteiger partial charge in [-0.15, -0.1) is 0 Å². The van der Waals surface area contributed by atoms with Gasteiger partial charge in [0, 0.05) is 35.3 Å². The zero-order valence-electron chi connectivity index (χ0n) is 12.3. The first kappa shape index (κ1) is 13.5. The van der Waals surface area contributed by atoms with Crippen LogP contribution < -0.4 is 0 Å². The van der Waals surface area contributed by atoms with E-state index in [0.29, 0.717) is 11.3 Å². The molecule has 0 radical (unpaired) electrons. The average Bonchev–Trinajstić information content (AvgIpc) is 3.05. The van der Waals surface area contributed by atoms with Gasteiger partial charge in [-0.3, -0.25) is 4.98 Å². The van der Waals surface area contributed by atoms with E-state index < -0.39 is 0 Å². The van der Waals surface area contributed by atoms with Gasteiger partial charge in [0.2, 0.25) is 0 Å². The Morgan fingerprint density at radius 2 is 1.96 bits per heavy atom. The molecule has 0 saturated carbocycles. The molecule has 0 aliphatic rings. The summed E-state index contributed by atoms with van der Waals surface area (Å²) in [5.74, 6) is 0.314. The summed E-state index contributed by atoms with van der Waals surface area (Å²) in [6.07, 6.45) is 6.77. The lowest BCUT2D eigenvalue weighted by Crippen LogP contribution is -1.95. The molecule has 0 saturated heterocycles. The number of rotatable bonds is 2. The second-order valence-electron chi connectivity index (χ2n) is 5.21. The molecule has 1 aromatic carbocycles. The van der Waals surface area contributed by atoms with Crippen LogP contribution in [0.5, 0.6) is 0 Å². The number of pyridine rings is 1. The number of aryl methyl sites for hydroxylation is 1. The lowest BCUT2D eigenvalue weighted by Gasteiger charge is -2.09. The number of benzene rings is 1. The van der Waals surface area contributed by atoms with Gasteiger partial charge in [-0.2, -0.15) is 10.1 Å². The van der Waals surface area contributed by atoms with E-state index in [1.807, 2.05) is 18.3 Å². The van der Waals surface area contributed by atoms with Crippen LogP contribution >= 0.6 is 0 Å². The minimum absolute atomic E-state index is 0.225. The van der Waals surface area contributed by atoms with Gasteiger partial charge in [-0.25, -0.2) is 13.9 Å². The van der Waals surface area contributed by atoms with Crippen molar-refractivity contribution in [2.24, 2.45) is 0 Å². The molecular weight excluding hydrogens is 293 g/mol. The summed E-state index contributed by atoms with van der Waals surface area (Å²) in [6, 6.07) is 8.81. The summed E-state index contributed by atoms with van der Waals surface area (Å²) in [7, 11) is 0. The van der Waals surface area contributed by atoms with Crippen LogP contribution in [0.3, 0.4) is 0 Å². The third-order valence-electron chi connectivity index (χ3n) is 3.68. The largest absolute Gasteiger partial charge is 0.256 e. The summed E-state index contributed by atoms with van der Waals surface area (Å²) in [4.78, 5) is 12.8. The van der Waals surface area contributed by atoms with E-state index in [2.05, 4.69) is 20.1 Å². The first-order valence-electron chi connectivity index (χ1n) is 7.10. The standard InChI is InChI=1S/C17H12FN5/c1-11-7-12(4-5-15(11)18)16-14(3-2-6-19-16)13-8-20-17-21-10-22-23(17)9-13/h2-10H,1H3. The Morgan fingerprint density at radius 1 is 1.04 bits per heavy atom. The van der Waals surface area contributed by atoms with Gasteiger partial charge in [-0.1, -0.05) is 6.07 Å². The van der Waals surface area contributed by atoms with E-state index in [-0.39, 0.29) is 5.82 Å². The zero-order valence-corrected chi connectivity index (χ0v) is 12.3. The van der Waals surface area contributed by atoms with E-state index in [0.717, 1.165) is 22.4 Å². The number of nitrogens with zero attached hydrogens (tertiary/aromatic N) is 5. The highest BCUT2D eigenvalue weighted by Gasteiger charge is 2.11. The summed E-state index contributed by atoms with van der Waals surface area (Å²) >= 11 is 0. The quantitative estimate of drug-likeness (QED) is 0.570. The van der Waals surface area contributed by atoms with Gasteiger partial charge in [0.1, 0.15) is 12.1 Å². The van der Waals surface area contributed by atoms with E-state index in [4.69, 9.17) is 0 Å². The zero-order chi connectivity index (χ0) is 15.8. The van der Waals surface area contributed by atoms with E-state index in [9.17, 15) is 4.39 Å². The minimum atomic E-state index is -0.225. The normalized spacial score (nSPS) is 11.0. The van der Waals surface area contributed by atoms with E-state index >= 15 is 0 Å². The maximum absolute atomic E-state index is 13.5. The predicted octanol–water partition coefficient (Wildman–Crippen LogP) is 3.30. The lowest BCUT2D eigenvalue weighted by atomic mass is 10.00. The maximum Gasteiger partial charge on any atom is 0.252 e. The molecule has 0 unspecified atom stereocenters. The van der Waals surface area contributed by atoms with Crippen LogP contribution in [0, 0.1) is 12.7 Å². The Hall–Kier alpha value is -3.15. The van der Waals surface area contributed by atoms with Crippen LogP contribution in [0.15, 0.2) is 55.2 Å². The first-order valence-corrected chi connectivity index (χ1v) is 7.10. The van der Waals surface area contributed by atoms with Crippen molar-refractivity contribution in [2.75, 3.05) is 0 Å². The van der Waals surface area contributed by atoms with Crippen molar-refractivity contribution in [3.05, 3.63) is 66.6 Å². The molecule has 4 aromatic rings. The smallest absolute Gasteiger partial charge is 0.252 e. The van der Waals surface area contributed by atoms with Crippen molar-refractivity contribution >= 4 is 5.78 Å². The number of halogens is 1. The van der Waals surface area contributed by atoms with Crippen molar-refractivity contribution < 1.29 is 4.39 Å². The Balaban J connectivity index is 1.90. The molecule has 0 fully saturated rings. The fraction of sp³-hybridized carbons (Fsp3) is 0.0588. The summed E-state index contributed by atoms with van der Waals surface area (Å²) in [5.41, 5.74) is 4.00. The van der Waals surface area contributed by atoms with Gasteiger partial charge < -0.3 is 0 Å². The first-order chi connectivity index (χ1) is 11.2. The van der Waals surface area contributed by atoms with Crippen LogP contribution in [0.1, 0.15) is 5.56 Å². The maximum atomic E-state index is 13.5. The second kappa shape index (κ2) is 5.24. The second-order valence-corrected chi connectivity index (χ2v) is 5.21. The number of hydrogen-bond acceptors (Lipinski definition) is 4. The highest BCUT2D eigenvalue weighted by Crippen LogP contribution is 2.30. The van der Waals surface area contributed by atoms with Gasteiger partial charge in [0.15, 0.2) is 0 Å². The lowest BCUT2D eigenvalue weighted by molar-refractivity contribution is 0.619. The molecule has 0 atom stereocenters. The molecule has 3 heterocycles. The fourth-order valence-corrected chi connectivity index (χ4v) is 2.52. The molecule has 0 N–H and O–H groups in total. The molecule has 6 heteroatoms. The molecule has 3 aromatic heterocycles. The van der Waals surface area contributed by atoms with Crippen LogP contribution in [-0.2, 0) is 0 Å². The molecule has 5 nitrogen and oxygen atoms in total. The fourth-order valence-electron chi connectivity index (χ4n) is 2.52. The molecular formula is C17H12FN5. The van der Waals surface area contributed by atoms with Crippen molar-refractivity contribution in [1.82, 2.24) is 24.6 Å². The highest BCUT2D eigenvalue weighted by molar-refractivity contribution is 5.80. The number of aromatic nitrogens is 5. The molecule has 0 aliphatic carbocycles. The molecule has 4 rings (SSSR count). The van der Waals surface area contributed by atoms with E-state index in [1.54, 1.807) is 36.0 Å². The molecule has 112 valence electrons. The Morgan fingerprint density at radius 3 is 2.83 bits per heavy atom. The third kappa shape index (κ3) is 2.34. The number of fused-ring (bicyclic) bond motifs is 1. The molecule has 0 aliphatic heterocycles. The van der Waals surface area contributed by atoms with Gasteiger partial charge in [-0.05, 0) is 36.8 Å². The number of hydrogen-bond donors (Lipinski definition) is 0. The minimum Gasteiger partial charge on any atom is -0.256 e. The van der Waals surface area contributed by atoms with Crippen molar-refractivity contribution in [3.8, 4) is 22.4 Å². The van der Waals surface area contributed by atoms with Crippen molar-refractivity contribution in [3.63, 3.8) is 0 Å². The summed E-state index contributed by atoms with van der Waals surface area (Å²) < 4.78 is 15.1. The Labute approximate surface area is 131 Å². The monoisotopic (exact) mass is 305 g/mol. The Bertz CT molecular complexity index is 1010. The van der Waals surface area contributed by atoms with Gasteiger partial charge >= 0.3 is 0 Å². The van der Waals surface area contributed by atoms with Crippen molar-refractivity contribution in [1.29, 1.82) is 0 Å². The Kier molecular flexibility index (Phi) is 3.08. The summed E-state index contributed by atoms with van der Waals surface area (Å²) in [6.45, 7) is 1.74. The van der Waals surface area contributed by atoms with Crippen LogP contribution in [0.25, 0.3) is 28.2 Å². The highest BCUT2D eigenvalue weighted by atomic mass is 19.1. The predicted molar refractivity (Wildman–Crippen MR) is 84.1 cm³/mol. The van der Waals surface area contributed by atoms with Gasteiger partial charge in [0.25, 0.3) is 5.78 Å². The van der Waals surface area contributed by atoms with Crippen LogP contribution in [-0.4, -0.2) is 24.6 Å². The molecule has 0 spiro atoms. The molecule has 0 amide bonds. The van der Waals surface area contributed by atoms with Crippen LogP contribution in [0.2, 0.25) is 0 Å². The van der Waals surface area contributed by atoms with Crippen LogP contribution in [0.4, 0.5) is 4.39 Å².